The fourth-order valence-electron chi connectivity index (χ4n) is 3.75. The number of hydrogen-bond donors (Lipinski definition) is 1. The molecule has 1 N–H and O–H groups in total. The van der Waals surface area contributed by atoms with Crippen molar-refractivity contribution in [2.45, 2.75) is 45.6 Å². The Morgan fingerprint density at radius 1 is 1.38 bits per heavy atom. The Balaban J connectivity index is 1.68. The maximum Gasteiger partial charge on any atom is 0.252 e. The van der Waals surface area contributed by atoms with E-state index < -0.39 is 0 Å². The smallest absolute Gasteiger partial charge is 0.252 e. The van der Waals surface area contributed by atoms with E-state index in [2.05, 4.69) is 24.4 Å². The highest BCUT2D eigenvalue weighted by molar-refractivity contribution is 5.98. The first-order valence-corrected chi connectivity index (χ1v) is 8.86. The summed E-state index contributed by atoms with van der Waals surface area (Å²) in [4.78, 5) is 25.4. The first kappa shape index (κ1) is 16.7. The van der Waals surface area contributed by atoms with Gasteiger partial charge in [-0.3, -0.25) is 9.59 Å². The van der Waals surface area contributed by atoms with Crippen LogP contribution in [0.4, 0.5) is 0 Å². The lowest BCUT2D eigenvalue weighted by molar-refractivity contribution is -0.119. The van der Waals surface area contributed by atoms with Gasteiger partial charge in [0.25, 0.3) is 5.91 Å². The van der Waals surface area contributed by atoms with Gasteiger partial charge in [0.2, 0.25) is 6.41 Å². The summed E-state index contributed by atoms with van der Waals surface area (Å²) >= 11 is 0. The number of aryl methyl sites for hydroxylation is 1. The van der Waals surface area contributed by atoms with E-state index in [1.807, 2.05) is 30.0 Å². The topological polar surface area (TPSA) is 49.4 Å². The SMILES string of the molecule is CC/C=C\c1c(C)cccc1C(=O)NC1CC12CCN(C=O)CC2. The highest BCUT2D eigenvalue weighted by Crippen LogP contribution is 2.53. The van der Waals surface area contributed by atoms with Gasteiger partial charge in [0, 0.05) is 24.7 Å². The molecule has 1 unspecified atom stereocenters. The first-order valence-electron chi connectivity index (χ1n) is 8.86. The van der Waals surface area contributed by atoms with Crippen LogP contribution in [0.15, 0.2) is 24.3 Å². The maximum atomic E-state index is 12.8. The van der Waals surface area contributed by atoms with Gasteiger partial charge in [-0.2, -0.15) is 0 Å². The van der Waals surface area contributed by atoms with Crippen molar-refractivity contribution in [1.82, 2.24) is 10.2 Å². The third kappa shape index (κ3) is 3.23. The van der Waals surface area contributed by atoms with Crippen LogP contribution in [-0.2, 0) is 4.79 Å². The molecule has 1 aromatic carbocycles. The summed E-state index contributed by atoms with van der Waals surface area (Å²) < 4.78 is 0. The molecule has 4 nitrogen and oxygen atoms in total. The van der Waals surface area contributed by atoms with Crippen molar-refractivity contribution < 1.29 is 9.59 Å². The van der Waals surface area contributed by atoms with Crippen LogP contribution in [0.5, 0.6) is 0 Å². The van der Waals surface area contributed by atoms with Crippen LogP contribution >= 0.6 is 0 Å². The van der Waals surface area contributed by atoms with E-state index in [1.54, 1.807) is 0 Å². The molecule has 2 amide bonds. The van der Waals surface area contributed by atoms with Crippen molar-refractivity contribution in [2.75, 3.05) is 13.1 Å². The Hall–Kier alpha value is -2.10. The first-order chi connectivity index (χ1) is 11.6. The fraction of sp³-hybridized carbons (Fsp3) is 0.500. The second-order valence-electron chi connectivity index (χ2n) is 7.08. The molecule has 3 rings (SSSR count). The molecule has 1 spiro atoms. The summed E-state index contributed by atoms with van der Waals surface area (Å²) in [5.41, 5.74) is 3.12. The summed E-state index contributed by atoms with van der Waals surface area (Å²) in [6.45, 7) is 5.75. The molecule has 1 heterocycles. The zero-order chi connectivity index (χ0) is 17.2. The summed E-state index contributed by atoms with van der Waals surface area (Å²) in [5.74, 6) is 0.0224. The lowest BCUT2D eigenvalue weighted by Crippen LogP contribution is -2.38. The summed E-state index contributed by atoms with van der Waals surface area (Å²) in [6, 6.07) is 6.14. The normalized spacial score (nSPS) is 21.9. The van der Waals surface area contributed by atoms with Crippen molar-refractivity contribution in [3.8, 4) is 0 Å². The number of rotatable bonds is 5. The standard InChI is InChI=1S/C20H26N2O2/c1-3-4-7-16-15(2)6-5-8-17(16)19(24)21-18-13-20(18)9-11-22(14-23)12-10-20/h4-8,14,18H,3,9-13H2,1-2H3,(H,21,24)/b7-4-. The van der Waals surface area contributed by atoms with Gasteiger partial charge < -0.3 is 10.2 Å². The molecule has 128 valence electrons. The number of nitrogens with zero attached hydrogens (tertiary/aromatic N) is 1. The molecule has 2 aliphatic rings. The highest BCUT2D eigenvalue weighted by atomic mass is 16.2. The van der Waals surface area contributed by atoms with E-state index in [-0.39, 0.29) is 17.4 Å². The minimum atomic E-state index is 0.0224. The predicted molar refractivity (Wildman–Crippen MR) is 95.7 cm³/mol. The minimum absolute atomic E-state index is 0.0224. The van der Waals surface area contributed by atoms with E-state index in [4.69, 9.17) is 0 Å². The largest absolute Gasteiger partial charge is 0.349 e. The Morgan fingerprint density at radius 2 is 2.12 bits per heavy atom. The summed E-state index contributed by atoms with van der Waals surface area (Å²) in [5, 5.41) is 3.23. The number of likely N-dealkylation sites (tertiary alicyclic amines) is 1. The zero-order valence-corrected chi connectivity index (χ0v) is 14.5. The quantitative estimate of drug-likeness (QED) is 0.845. The number of hydrogen-bond acceptors (Lipinski definition) is 2. The van der Waals surface area contributed by atoms with Crippen LogP contribution < -0.4 is 5.32 Å². The molecule has 24 heavy (non-hydrogen) atoms. The van der Waals surface area contributed by atoms with Gasteiger partial charge >= 0.3 is 0 Å². The number of amides is 2. The molecule has 1 aliphatic heterocycles. The van der Waals surface area contributed by atoms with Gasteiger partial charge in [0.05, 0.1) is 0 Å². The predicted octanol–water partition coefficient (Wildman–Crippen LogP) is 3.16. The van der Waals surface area contributed by atoms with Crippen LogP contribution in [0.25, 0.3) is 6.08 Å². The minimum Gasteiger partial charge on any atom is -0.349 e. The van der Waals surface area contributed by atoms with Gasteiger partial charge in [0.1, 0.15) is 0 Å². The molecule has 2 fully saturated rings. The second kappa shape index (κ2) is 6.80. The molecular weight excluding hydrogens is 300 g/mol. The highest BCUT2D eigenvalue weighted by Gasteiger charge is 2.55. The van der Waals surface area contributed by atoms with Crippen LogP contribution in [0.1, 0.15) is 54.1 Å². The molecule has 0 aromatic heterocycles. The number of nitrogens with one attached hydrogen (secondary N) is 1. The molecule has 0 bridgehead atoms. The van der Waals surface area contributed by atoms with Gasteiger partial charge in [-0.15, -0.1) is 0 Å². The second-order valence-corrected chi connectivity index (χ2v) is 7.08. The van der Waals surface area contributed by atoms with E-state index >= 15 is 0 Å². The lowest BCUT2D eigenvalue weighted by Gasteiger charge is -2.30. The number of carbonyl (C=O) groups is 2. The molecule has 1 aliphatic carbocycles. The monoisotopic (exact) mass is 326 g/mol. The lowest BCUT2D eigenvalue weighted by atomic mass is 9.92. The number of carbonyl (C=O) groups excluding carboxylic acids is 2. The van der Waals surface area contributed by atoms with Crippen molar-refractivity contribution in [3.05, 3.63) is 41.0 Å². The Labute approximate surface area is 143 Å². The van der Waals surface area contributed by atoms with Crippen LogP contribution in [0.2, 0.25) is 0 Å². The molecule has 1 atom stereocenters. The van der Waals surface area contributed by atoms with Crippen molar-refractivity contribution >= 4 is 18.4 Å². The van der Waals surface area contributed by atoms with E-state index in [0.29, 0.717) is 0 Å². The van der Waals surface area contributed by atoms with E-state index in [1.165, 1.54) is 0 Å². The maximum absolute atomic E-state index is 12.8. The van der Waals surface area contributed by atoms with Crippen LogP contribution in [0, 0.1) is 12.3 Å². The molecule has 1 aromatic rings. The summed E-state index contributed by atoms with van der Waals surface area (Å²) in [7, 11) is 0. The average Bonchev–Trinajstić information content (AvgIpc) is 3.25. The molecule has 1 saturated carbocycles. The van der Waals surface area contributed by atoms with Crippen LogP contribution in [-0.4, -0.2) is 36.3 Å². The Morgan fingerprint density at radius 3 is 2.79 bits per heavy atom. The zero-order valence-electron chi connectivity index (χ0n) is 14.5. The Bertz CT molecular complexity index is 658. The Kier molecular flexibility index (Phi) is 4.74. The van der Waals surface area contributed by atoms with Crippen molar-refractivity contribution in [1.29, 1.82) is 0 Å². The number of piperidine rings is 1. The number of allylic oxidation sites excluding steroid dienone is 1. The van der Waals surface area contributed by atoms with Crippen molar-refractivity contribution in [2.24, 2.45) is 5.41 Å². The third-order valence-electron chi connectivity index (χ3n) is 5.53. The molecule has 0 radical (unpaired) electrons. The van der Waals surface area contributed by atoms with Gasteiger partial charge in [-0.1, -0.05) is 31.2 Å². The molecular formula is C20H26N2O2. The average molecular weight is 326 g/mol. The van der Waals surface area contributed by atoms with Crippen LogP contribution in [0.3, 0.4) is 0 Å². The summed E-state index contributed by atoms with van der Waals surface area (Å²) in [6.07, 6.45) is 9.05. The van der Waals surface area contributed by atoms with E-state index in [0.717, 1.165) is 61.9 Å². The van der Waals surface area contributed by atoms with Gasteiger partial charge in [-0.05, 0) is 55.2 Å². The van der Waals surface area contributed by atoms with Gasteiger partial charge in [-0.25, -0.2) is 0 Å². The number of benzene rings is 1. The fourth-order valence-corrected chi connectivity index (χ4v) is 3.75. The van der Waals surface area contributed by atoms with Gasteiger partial charge in [0.15, 0.2) is 0 Å². The molecule has 1 saturated heterocycles. The van der Waals surface area contributed by atoms with E-state index in [9.17, 15) is 9.59 Å². The van der Waals surface area contributed by atoms with Crippen molar-refractivity contribution in [3.63, 3.8) is 0 Å². The third-order valence-corrected chi connectivity index (χ3v) is 5.53. The molecule has 4 heteroatoms.